The largest absolute Gasteiger partial charge is 0.335 e. The molecule has 6 rings (SSSR count). The lowest BCUT2D eigenvalue weighted by molar-refractivity contribution is -0.135. The molecule has 31 heavy (non-hydrogen) atoms. The van der Waals surface area contributed by atoms with E-state index in [0.29, 0.717) is 24.3 Å². The second-order valence-electron chi connectivity index (χ2n) is 9.78. The van der Waals surface area contributed by atoms with Crippen LogP contribution in [0, 0.1) is 11.8 Å². The standard InChI is InChI=1S/C26H31N3OS/c30-24(15-22-17-31-26(27-22)18-7-2-1-3-8-18)29-12-6-9-19-13-20-14-21(25(19)29)16-28-11-5-4-10-23(20)28/h1-3,7-8,13,17,20-21,23,25H,4-6,9-12,14-16H2/t20-,21+,23-,25-/m1/s1. The highest BCUT2D eigenvalue weighted by Crippen LogP contribution is 2.45. The molecule has 3 fully saturated rings. The summed E-state index contributed by atoms with van der Waals surface area (Å²) in [6.45, 7) is 3.34. The van der Waals surface area contributed by atoms with Crippen molar-refractivity contribution >= 4 is 17.2 Å². The third-order valence-corrected chi connectivity index (χ3v) is 8.82. The zero-order valence-electron chi connectivity index (χ0n) is 18.1. The van der Waals surface area contributed by atoms with Crippen LogP contribution < -0.4 is 0 Å². The minimum absolute atomic E-state index is 0.264. The van der Waals surface area contributed by atoms with Crippen LogP contribution in [0.25, 0.3) is 10.6 Å². The molecule has 162 valence electrons. The predicted molar refractivity (Wildman–Crippen MR) is 125 cm³/mol. The summed E-state index contributed by atoms with van der Waals surface area (Å²) in [7, 11) is 0. The number of rotatable bonds is 3. The van der Waals surface area contributed by atoms with E-state index in [-0.39, 0.29) is 5.91 Å². The van der Waals surface area contributed by atoms with Crippen LogP contribution in [0.15, 0.2) is 47.4 Å². The average molecular weight is 434 g/mol. The highest BCUT2D eigenvalue weighted by molar-refractivity contribution is 7.13. The Morgan fingerprint density at radius 3 is 2.94 bits per heavy atom. The summed E-state index contributed by atoms with van der Waals surface area (Å²) in [5.74, 6) is 1.59. The summed E-state index contributed by atoms with van der Waals surface area (Å²) in [5, 5.41) is 3.07. The van der Waals surface area contributed by atoms with E-state index in [1.165, 1.54) is 45.2 Å². The first-order valence-electron chi connectivity index (χ1n) is 12.0. The van der Waals surface area contributed by atoms with Gasteiger partial charge in [-0.3, -0.25) is 9.69 Å². The summed E-state index contributed by atoms with van der Waals surface area (Å²) >= 11 is 1.64. The minimum Gasteiger partial charge on any atom is -0.335 e. The van der Waals surface area contributed by atoms with E-state index in [9.17, 15) is 4.79 Å². The van der Waals surface area contributed by atoms with E-state index in [1.54, 1.807) is 16.9 Å². The van der Waals surface area contributed by atoms with Gasteiger partial charge in [-0.2, -0.15) is 0 Å². The number of hydrogen-bond donors (Lipinski definition) is 0. The van der Waals surface area contributed by atoms with E-state index < -0.39 is 0 Å². The van der Waals surface area contributed by atoms with Crippen LogP contribution in [0.4, 0.5) is 0 Å². The number of piperidine rings is 3. The summed E-state index contributed by atoms with van der Waals surface area (Å²) < 4.78 is 0. The number of carbonyl (C=O) groups is 1. The molecule has 1 amide bonds. The smallest absolute Gasteiger partial charge is 0.229 e. The van der Waals surface area contributed by atoms with E-state index in [4.69, 9.17) is 4.98 Å². The second-order valence-corrected chi connectivity index (χ2v) is 10.6. The molecule has 4 aliphatic rings. The number of nitrogens with zero attached hydrogens (tertiary/aromatic N) is 3. The number of amides is 1. The molecule has 1 aromatic heterocycles. The van der Waals surface area contributed by atoms with Crippen LogP contribution in [-0.2, 0) is 11.2 Å². The highest BCUT2D eigenvalue weighted by Gasteiger charge is 2.46. The third kappa shape index (κ3) is 3.66. The zero-order valence-corrected chi connectivity index (χ0v) is 18.9. The zero-order chi connectivity index (χ0) is 20.8. The maximum Gasteiger partial charge on any atom is 0.229 e. The van der Waals surface area contributed by atoms with Crippen LogP contribution >= 0.6 is 11.3 Å². The summed E-state index contributed by atoms with van der Waals surface area (Å²) in [6, 6.07) is 11.4. The molecule has 0 radical (unpaired) electrons. The summed E-state index contributed by atoms with van der Waals surface area (Å²) in [4.78, 5) is 23.2. The normalized spacial score (nSPS) is 30.3. The Morgan fingerprint density at radius 2 is 2.03 bits per heavy atom. The van der Waals surface area contributed by atoms with Gasteiger partial charge in [0.2, 0.25) is 5.91 Å². The molecular formula is C26H31N3OS. The topological polar surface area (TPSA) is 36.4 Å². The fourth-order valence-electron chi connectivity index (χ4n) is 6.61. The van der Waals surface area contributed by atoms with Crippen molar-refractivity contribution in [2.45, 2.75) is 57.0 Å². The van der Waals surface area contributed by atoms with E-state index in [0.717, 1.165) is 35.3 Å². The minimum atomic E-state index is 0.264. The van der Waals surface area contributed by atoms with Gasteiger partial charge in [0.15, 0.2) is 0 Å². The Kier molecular flexibility index (Phi) is 5.19. The molecule has 3 saturated heterocycles. The first-order chi connectivity index (χ1) is 15.3. The van der Waals surface area contributed by atoms with Gasteiger partial charge in [0.1, 0.15) is 5.01 Å². The van der Waals surface area contributed by atoms with Gasteiger partial charge in [0.05, 0.1) is 18.2 Å². The van der Waals surface area contributed by atoms with Crippen molar-refractivity contribution in [2.75, 3.05) is 19.6 Å². The fraction of sp³-hybridized carbons (Fsp3) is 0.538. The number of hydrogen-bond acceptors (Lipinski definition) is 4. The average Bonchev–Trinajstić information content (AvgIpc) is 3.28. The van der Waals surface area contributed by atoms with Crippen molar-refractivity contribution in [1.29, 1.82) is 0 Å². The van der Waals surface area contributed by atoms with Crippen molar-refractivity contribution in [3.8, 4) is 10.6 Å². The SMILES string of the molecule is O=C(Cc1csc(-c2ccccc2)n1)N1CCCC2=C[C@@H]3C[C@@H](CN4CCCC[C@H]34)[C@@H]21. The highest BCUT2D eigenvalue weighted by atomic mass is 32.1. The first-order valence-corrected chi connectivity index (χ1v) is 12.9. The van der Waals surface area contributed by atoms with Gasteiger partial charge in [-0.05, 0) is 50.5 Å². The van der Waals surface area contributed by atoms with Gasteiger partial charge in [0.25, 0.3) is 0 Å². The molecule has 2 aromatic rings. The Balaban J connectivity index is 1.21. The Morgan fingerprint density at radius 1 is 1.13 bits per heavy atom. The van der Waals surface area contributed by atoms with Crippen molar-refractivity contribution in [1.82, 2.24) is 14.8 Å². The quantitative estimate of drug-likeness (QED) is 0.654. The summed E-state index contributed by atoms with van der Waals surface area (Å²) in [6.07, 6.45) is 10.7. The maximum atomic E-state index is 13.5. The Hall–Kier alpha value is -1.98. The molecule has 0 unspecified atom stereocenters. The number of likely N-dealkylation sites (tertiary alicyclic amines) is 1. The Bertz CT molecular complexity index is 984. The molecule has 0 saturated carbocycles. The lowest BCUT2D eigenvalue weighted by Crippen LogP contribution is -2.60. The number of aromatic nitrogens is 1. The molecule has 1 aliphatic carbocycles. The molecule has 3 aliphatic heterocycles. The molecule has 1 aromatic carbocycles. The van der Waals surface area contributed by atoms with Gasteiger partial charge >= 0.3 is 0 Å². The molecule has 5 heteroatoms. The number of thiazole rings is 1. The van der Waals surface area contributed by atoms with E-state index in [1.807, 2.05) is 18.2 Å². The molecular weight excluding hydrogens is 402 g/mol. The van der Waals surface area contributed by atoms with Gasteiger partial charge in [-0.25, -0.2) is 4.98 Å². The van der Waals surface area contributed by atoms with Gasteiger partial charge < -0.3 is 4.90 Å². The summed E-state index contributed by atoms with van der Waals surface area (Å²) in [5.41, 5.74) is 3.61. The molecule has 2 bridgehead atoms. The van der Waals surface area contributed by atoms with Crippen molar-refractivity contribution in [3.63, 3.8) is 0 Å². The molecule has 4 heterocycles. The van der Waals surface area contributed by atoms with Crippen molar-refractivity contribution < 1.29 is 4.79 Å². The molecule has 4 nitrogen and oxygen atoms in total. The number of benzene rings is 1. The lowest BCUT2D eigenvalue weighted by atomic mass is 9.68. The van der Waals surface area contributed by atoms with E-state index >= 15 is 0 Å². The first kappa shape index (κ1) is 19.7. The molecule has 0 N–H and O–H groups in total. The van der Waals surface area contributed by atoms with Crippen LogP contribution in [0.5, 0.6) is 0 Å². The lowest BCUT2D eigenvalue weighted by Gasteiger charge is -2.54. The third-order valence-electron chi connectivity index (χ3n) is 7.88. The molecule has 0 spiro atoms. The Labute approximate surface area is 189 Å². The maximum absolute atomic E-state index is 13.5. The van der Waals surface area contributed by atoms with Crippen molar-refractivity contribution in [2.24, 2.45) is 11.8 Å². The van der Waals surface area contributed by atoms with Gasteiger partial charge in [-0.1, -0.05) is 48.4 Å². The van der Waals surface area contributed by atoms with Crippen molar-refractivity contribution in [3.05, 3.63) is 53.1 Å². The number of carbonyl (C=O) groups excluding carboxylic acids is 1. The van der Waals surface area contributed by atoms with Crippen LogP contribution in [0.1, 0.15) is 44.2 Å². The predicted octanol–water partition coefficient (Wildman–Crippen LogP) is 4.77. The fourth-order valence-corrected chi connectivity index (χ4v) is 7.44. The van der Waals surface area contributed by atoms with Crippen LogP contribution in [-0.4, -0.2) is 52.4 Å². The van der Waals surface area contributed by atoms with Crippen LogP contribution in [0.2, 0.25) is 0 Å². The van der Waals surface area contributed by atoms with Gasteiger partial charge in [-0.15, -0.1) is 11.3 Å². The van der Waals surface area contributed by atoms with Gasteiger partial charge in [0, 0.05) is 30.1 Å². The van der Waals surface area contributed by atoms with Crippen LogP contribution in [0.3, 0.4) is 0 Å². The molecule has 4 atom stereocenters. The number of fused-ring (bicyclic) bond motifs is 6. The monoisotopic (exact) mass is 433 g/mol. The van der Waals surface area contributed by atoms with E-state index in [2.05, 4.69) is 33.4 Å². The second kappa shape index (κ2) is 8.18.